The molecule has 152 valence electrons. The third-order valence-electron chi connectivity index (χ3n) is 4.38. The van der Waals surface area contributed by atoms with Crippen molar-refractivity contribution in [3.05, 3.63) is 0 Å². The van der Waals surface area contributed by atoms with Crippen LogP contribution in [0.4, 0.5) is 0 Å². The zero-order valence-corrected chi connectivity index (χ0v) is 17.1. The summed E-state index contributed by atoms with van der Waals surface area (Å²) in [7, 11) is 0. The van der Waals surface area contributed by atoms with E-state index >= 15 is 0 Å². The van der Waals surface area contributed by atoms with Crippen molar-refractivity contribution >= 4 is 23.7 Å². The summed E-state index contributed by atoms with van der Waals surface area (Å²) in [6, 6.07) is 0. The number of nitrogens with one attached hydrogen (secondary N) is 1. The van der Waals surface area contributed by atoms with Gasteiger partial charge >= 0.3 is 0 Å². The third kappa shape index (κ3) is 11.9. The predicted octanol–water partition coefficient (Wildman–Crippen LogP) is 3.28. The number of carbonyl (C=O) groups is 2. The SMILES string of the molecule is CCCC(=O)CCOCCNC(=O)CCCO[C@H]1CC[C@@H](OSC)CC1. The van der Waals surface area contributed by atoms with Crippen LogP contribution in [-0.4, -0.2) is 56.5 Å². The standard InChI is InChI=1S/C19H35NO5S/c1-3-5-16(21)11-14-23-15-12-20-19(22)6-4-13-24-17-7-9-18(10-8-17)25-26-2/h17-18H,3-15H2,1-2H3,(H,20,22)/t17-,18+. The molecule has 0 atom stereocenters. The summed E-state index contributed by atoms with van der Waals surface area (Å²) < 4.78 is 16.8. The van der Waals surface area contributed by atoms with E-state index in [0.29, 0.717) is 57.8 Å². The minimum Gasteiger partial charge on any atom is -0.379 e. The van der Waals surface area contributed by atoms with Crippen LogP contribution in [0.25, 0.3) is 0 Å². The van der Waals surface area contributed by atoms with Gasteiger partial charge < -0.3 is 19.0 Å². The molecule has 0 heterocycles. The molecule has 1 fully saturated rings. The van der Waals surface area contributed by atoms with Gasteiger partial charge in [0.1, 0.15) is 5.78 Å². The normalized spacial score (nSPS) is 20.1. The molecule has 7 heteroatoms. The molecule has 0 aliphatic heterocycles. The van der Waals surface area contributed by atoms with Crippen LogP contribution in [0.15, 0.2) is 0 Å². The van der Waals surface area contributed by atoms with Crippen LogP contribution in [0.3, 0.4) is 0 Å². The summed E-state index contributed by atoms with van der Waals surface area (Å²) in [5, 5.41) is 2.83. The van der Waals surface area contributed by atoms with E-state index in [2.05, 4.69) is 5.32 Å². The number of carbonyl (C=O) groups excluding carboxylic acids is 2. The molecular weight excluding hydrogens is 354 g/mol. The molecule has 0 aromatic rings. The van der Waals surface area contributed by atoms with Crippen molar-refractivity contribution < 1.29 is 23.2 Å². The van der Waals surface area contributed by atoms with Crippen molar-refractivity contribution in [3.8, 4) is 0 Å². The van der Waals surface area contributed by atoms with Crippen LogP contribution in [0.5, 0.6) is 0 Å². The van der Waals surface area contributed by atoms with E-state index in [1.54, 1.807) is 0 Å². The lowest BCUT2D eigenvalue weighted by Gasteiger charge is -2.27. The Morgan fingerprint density at radius 3 is 2.42 bits per heavy atom. The van der Waals surface area contributed by atoms with Crippen molar-refractivity contribution in [3.63, 3.8) is 0 Å². The van der Waals surface area contributed by atoms with Gasteiger partial charge in [0.05, 0.1) is 25.4 Å². The molecule has 1 saturated carbocycles. The lowest BCUT2D eigenvalue weighted by molar-refractivity contribution is -0.122. The summed E-state index contributed by atoms with van der Waals surface area (Å²) >= 11 is 1.44. The Morgan fingerprint density at radius 2 is 1.73 bits per heavy atom. The van der Waals surface area contributed by atoms with Gasteiger partial charge in [-0.25, -0.2) is 0 Å². The van der Waals surface area contributed by atoms with Gasteiger partial charge in [-0.2, -0.15) is 0 Å². The Bertz CT molecular complexity index is 386. The first-order valence-electron chi connectivity index (χ1n) is 9.82. The van der Waals surface area contributed by atoms with Gasteiger partial charge in [-0.15, -0.1) is 0 Å². The number of amides is 1. The Labute approximate surface area is 162 Å². The molecule has 26 heavy (non-hydrogen) atoms. The van der Waals surface area contributed by atoms with Gasteiger partial charge in [-0.05, 0) is 50.6 Å². The highest BCUT2D eigenvalue weighted by molar-refractivity contribution is 7.93. The van der Waals surface area contributed by atoms with Crippen LogP contribution < -0.4 is 5.32 Å². The molecule has 0 unspecified atom stereocenters. The fourth-order valence-corrected chi connectivity index (χ4v) is 3.42. The Balaban J connectivity index is 1.89. The van der Waals surface area contributed by atoms with Gasteiger partial charge in [0.25, 0.3) is 0 Å². The van der Waals surface area contributed by atoms with Crippen LogP contribution >= 0.6 is 12.0 Å². The number of rotatable bonds is 15. The van der Waals surface area contributed by atoms with Gasteiger partial charge in [-0.3, -0.25) is 9.59 Å². The first-order valence-corrected chi connectivity index (χ1v) is 11.0. The van der Waals surface area contributed by atoms with Crippen LogP contribution in [-0.2, 0) is 23.2 Å². The second-order valence-corrected chi connectivity index (χ2v) is 7.16. The van der Waals surface area contributed by atoms with Crippen molar-refractivity contribution in [2.24, 2.45) is 0 Å². The zero-order chi connectivity index (χ0) is 19.0. The van der Waals surface area contributed by atoms with Crippen LogP contribution in [0.1, 0.15) is 64.7 Å². The quantitative estimate of drug-likeness (QED) is 0.342. The molecular formula is C19H35NO5S. The minimum atomic E-state index is 0.0244. The van der Waals surface area contributed by atoms with E-state index in [4.69, 9.17) is 13.7 Å². The number of hydrogen-bond acceptors (Lipinski definition) is 6. The largest absolute Gasteiger partial charge is 0.379 e. The van der Waals surface area contributed by atoms with Gasteiger partial charge in [0, 0.05) is 38.7 Å². The third-order valence-corrected chi connectivity index (χ3v) is 4.84. The Kier molecular flexibility index (Phi) is 13.9. The minimum absolute atomic E-state index is 0.0244. The average Bonchev–Trinajstić information content (AvgIpc) is 2.63. The van der Waals surface area contributed by atoms with Crippen molar-refractivity contribution in [1.82, 2.24) is 5.32 Å². The zero-order valence-electron chi connectivity index (χ0n) is 16.3. The van der Waals surface area contributed by atoms with Crippen molar-refractivity contribution in [2.75, 3.05) is 32.6 Å². The second kappa shape index (κ2) is 15.4. The van der Waals surface area contributed by atoms with E-state index in [-0.39, 0.29) is 11.7 Å². The molecule has 1 amide bonds. The van der Waals surface area contributed by atoms with Gasteiger partial charge in [-0.1, -0.05) is 6.92 Å². The highest BCUT2D eigenvalue weighted by atomic mass is 32.2. The summed E-state index contributed by atoms with van der Waals surface area (Å²) in [4.78, 5) is 23.1. The summed E-state index contributed by atoms with van der Waals surface area (Å²) in [5.74, 6) is 0.262. The fourth-order valence-electron chi connectivity index (χ4n) is 2.96. The maximum absolute atomic E-state index is 11.7. The van der Waals surface area contributed by atoms with Crippen molar-refractivity contribution in [2.45, 2.75) is 76.9 Å². The van der Waals surface area contributed by atoms with E-state index in [1.807, 2.05) is 13.2 Å². The smallest absolute Gasteiger partial charge is 0.220 e. The molecule has 0 saturated heterocycles. The topological polar surface area (TPSA) is 73.9 Å². The summed E-state index contributed by atoms with van der Waals surface area (Å²) in [6.07, 6.45) is 9.97. The number of ether oxygens (including phenoxy) is 2. The first kappa shape index (κ1) is 23.4. The molecule has 0 spiro atoms. The number of hydrogen-bond donors (Lipinski definition) is 1. The van der Waals surface area contributed by atoms with Gasteiger partial charge in [0.15, 0.2) is 0 Å². The number of ketones is 1. The second-order valence-electron chi connectivity index (χ2n) is 6.64. The highest BCUT2D eigenvalue weighted by Crippen LogP contribution is 2.25. The average molecular weight is 390 g/mol. The fraction of sp³-hybridized carbons (Fsp3) is 0.895. The van der Waals surface area contributed by atoms with E-state index in [0.717, 1.165) is 38.5 Å². The molecule has 1 aliphatic rings. The highest BCUT2D eigenvalue weighted by Gasteiger charge is 2.22. The Hall–Kier alpha value is -0.630. The molecule has 0 radical (unpaired) electrons. The molecule has 1 rings (SSSR count). The van der Waals surface area contributed by atoms with Crippen LogP contribution in [0.2, 0.25) is 0 Å². The Morgan fingerprint density at radius 1 is 1.00 bits per heavy atom. The lowest BCUT2D eigenvalue weighted by Crippen LogP contribution is -2.28. The van der Waals surface area contributed by atoms with E-state index < -0.39 is 0 Å². The maximum atomic E-state index is 11.7. The number of Topliss-reactive ketones (excluding diaryl/α,β-unsaturated/α-hetero) is 1. The summed E-state index contributed by atoms with van der Waals surface area (Å²) in [6.45, 7) is 3.99. The summed E-state index contributed by atoms with van der Waals surface area (Å²) in [5.41, 5.74) is 0. The van der Waals surface area contributed by atoms with Crippen molar-refractivity contribution in [1.29, 1.82) is 0 Å². The molecule has 1 aliphatic carbocycles. The van der Waals surface area contributed by atoms with Gasteiger partial charge in [0.2, 0.25) is 5.91 Å². The predicted molar refractivity (Wildman–Crippen MR) is 104 cm³/mol. The van der Waals surface area contributed by atoms with Crippen LogP contribution in [0, 0.1) is 0 Å². The molecule has 1 N–H and O–H groups in total. The lowest BCUT2D eigenvalue weighted by atomic mass is 9.95. The van der Waals surface area contributed by atoms with E-state index in [9.17, 15) is 9.59 Å². The maximum Gasteiger partial charge on any atom is 0.220 e. The molecule has 0 aromatic carbocycles. The molecule has 0 aromatic heterocycles. The van der Waals surface area contributed by atoms with E-state index in [1.165, 1.54) is 12.0 Å². The molecule has 6 nitrogen and oxygen atoms in total. The monoisotopic (exact) mass is 389 g/mol. The first-order chi connectivity index (χ1) is 12.7. The molecule has 0 bridgehead atoms.